The van der Waals surface area contributed by atoms with Gasteiger partial charge in [0.1, 0.15) is 5.84 Å². The van der Waals surface area contributed by atoms with Crippen LogP contribution in [0.1, 0.15) is 18.4 Å². The van der Waals surface area contributed by atoms with Crippen molar-refractivity contribution in [3.8, 4) is 0 Å². The Kier molecular flexibility index (Phi) is 6.30. The molecule has 7 nitrogen and oxygen atoms in total. The van der Waals surface area contributed by atoms with E-state index < -0.39 is 10.0 Å². The van der Waals surface area contributed by atoms with Crippen molar-refractivity contribution in [1.29, 1.82) is 0 Å². The summed E-state index contributed by atoms with van der Waals surface area (Å²) >= 11 is 0. The quantitative estimate of drug-likeness (QED) is 0.661. The van der Waals surface area contributed by atoms with Crippen molar-refractivity contribution in [2.24, 2.45) is 4.99 Å². The molecule has 0 aliphatic carbocycles. The number of benzene rings is 2. The van der Waals surface area contributed by atoms with E-state index in [2.05, 4.69) is 19.9 Å². The van der Waals surface area contributed by atoms with Gasteiger partial charge in [0.15, 0.2) is 0 Å². The van der Waals surface area contributed by atoms with Crippen LogP contribution in [0, 0.1) is 0 Å². The second-order valence-electron chi connectivity index (χ2n) is 6.54. The van der Waals surface area contributed by atoms with Gasteiger partial charge in [-0.15, -0.1) is 0 Å². The van der Waals surface area contributed by atoms with Crippen LogP contribution in [-0.4, -0.2) is 46.8 Å². The molecule has 0 saturated carbocycles. The van der Waals surface area contributed by atoms with Crippen LogP contribution in [0.4, 0.5) is 5.69 Å². The van der Waals surface area contributed by atoms with Crippen molar-refractivity contribution in [3.05, 3.63) is 60.2 Å². The van der Waals surface area contributed by atoms with Crippen molar-refractivity contribution in [2.45, 2.75) is 17.7 Å². The largest absolute Gasteiger partial charge is 0.375 e. The first kappa shape index (κ1) is 19.9. The fourth-order valence-electron chi connectivity index (χ4n) is 2.96. The van der Waals surface area contributed by atoms with E-state index in [0.717, 1.165) is 18.7 Å². The lowest BCUT2D eigenvalue weighted by molar-refractivity contribution is -0.120. The molecule has 0 spiro atoms. The third-order valence-corrected chi connectivity index (χ3v) is 5.86. The topological polar surface area (TPSA) is 90.9 Å². The van der Waals surface area contributed by atoms with E-state index in [9.17, 15) is 13.2 Å². The first-order valence-corrected chi connectivity index (χ1v) is 10.7. The molecule has 28 heavy (non-hydrogen) atoms. The van der Waals surface area contributed by atoms with E-state index in [4.69, 9.17) is 0 Å². The van der Waals surface area contributed by atoms with Gasteiger partial charge in [0, 0.05) is 37.8 Å². The molecule has 1 aliphatic rings. The highest BCUT2D eigenvalue weighted by Crippen LogP contribution is 2.22. The van der Waals surface area contributed by atoms with Crippen molar-refractivity contribution in [2.75, 3.05) is 31.6 Å². The van der Waals surface area contributed by atoms with Gasteiger partial charge in [0.2, 0.25) is 5.91 Å². The number of nitrogens with one attached hydrogen (secondary N) is 2. The zero-order valence-corrected chi connectivity index (χ0v) is 16.6. The smallest absolute Gasteiger partial charge is 0.263 e. The SMILES string of the molecule is CN(CCCNC(=O)CCN=C1NS(=O)(=O)c2ccccc21)c1ccccc1. The molecular formula is C20H24N4O3S. The van der Waals surface area contributed by atoms with Crippen LogP contribution in [0.25, 0.3) is 0 Å². The van der Waals surface area contributed by atoms with Crippen LogP contribution in [0.2, 0.25) is 0 Å². The lowest BCUT2D eigenvalue weighted by Crippen LogP contribution is -2.28. The zero-order chi connectivity index (χ0) is 20.0. The van der Waals surface area contributed by atoms with Gasteiger partial charge in [-0.05, 0) is 30.7 Å². The average molecular weight is 401 g/mol. The van der Waals surface area contributed by atoms with E-state index in [-0.39, 0.29) is 23.8 Å². The summed E-state index contributed by atoms with van der Waals surface area (Å²) in [6, 6.07) is 16.8. The summed E-state index contributed by atoms with van der Waals surface area (Å²) in [5.41, 5.74) is 1.69. The normalized spacial score (nSPS) is 15.7. The summed E-state index contributed by atoms with van der Waals surface area (Å²) in [4.78, 5) is 18.6. The monoisotopic (exact) mass is 400 g/mol. The summed E-state index contributed by atoms with van der Waals surface area (Å²) in [7, 11) is -1.52. The fraction of sp³-hybridized carbons (Fsp3) is 0.300. The van der Waals surface area contributed by atoms with Gasteiger partial charge < -0.3 is 10.2 Å². The molecule has 0 atom stereocenters. The molecule has 148 valence electrons. The van der Waals surface area contributed by atoms with Crippen molar-refractivity contribution in [1.82, 2.24) is 10.0 Å². The summed E-state index contributed by atoms with van der Waals surface area (Å²) < 4.78 is 26.5. The first-order valence-electron chi connectivity index (χ1n) is 9.17. The van der Waals surface area contributed by atoms with Crippen LogP contribution in [0.3, 0.4) is 0 Å². The Balaban J connectivity index is 1.40. The standard InChI is InChI=1S/C20H24N4O3S/c1-24(16-8-3-2-4-9-16)15-7-13-21-19(25)12-14-22-20-17-10-5-6-11-18(17)28(26,27)23-20/h2-6,8-11H,7,12-15H2,1H3,(H,21,25)(H,22,23). The van der Waals surface area contributed by atoms with Gasteiger partial charge >= 0.3 is 0 Å². The number of para-hydroxylation sites is 1. The van der Waals surface area contributed by atoms with Crippen molar-refractivity contribution in [3.63, 3.8) is 0 Å². The molecule has 0 unspecified atom stereocenters. The van der Waals surface area contributed by atoms with E-state index >= 15 is 0 Å². The molecule has 2 aromatic carbocycles. The highest BCUT2D eigenvalue weighted by Gasteiger charge is 2.29. The molecule has 0 bridgehead atoms. The second-order valence-corrected chi connectivity index (χ2v) is 8.19. The number of carbonyl (C=O) groups excluding carboxylic acids is 1. The van der Waals surface area contributed by atoms with Gasteiger partial charge in [-0.3, -0.25) is 14.5 Å². The Hall–Kier alpha value is -2.87. The number of rotatable bonds is 8. The number of carbonyl (C=O) groups is 1. The molecule has 0 fully saturated rings. The highest BCUT2D eigenvalue weighted by atomic mass is 32.2. The maximum absolute atomic E-state index is 12.0. The fourth-order valence-corrected chi connectivity index (χ4v) is 4.22. The third-order valence-electron chi connectivity index (χ3n) is 4.46. The van der Waals surface area contributed by atoms with E-state index in [1.54, 1.807) is 24.3 Å². The van der Waals surface area contributed by atoms with Gasteiger partial charge in [-0.1, -0.05) is 30.3 Å². The molecule has 0 saturated heterocycles. The Bertz CT molecular complexity index is 958. The van der Waals surface area contributed by atoms with Gasteiger partial charge in [0.05, 0.1) is 11.4 Å². The molecular weight excluding hydrogens is 376 g/mol. The Morgan fingerprint density at radius 1 is 1.11 bits per heavy atom. The number of hydrogen-bond acceptors (Lipinski definition) is 5. The first-order chi connectivity index (χ1) is 13.5. The Morgan fingerprint density at radius 3 is 2.61 bits per heavy atom. The summed E-state index contributed by atoms with van der Waals surface area (Å²) in [5.74, 6) is 0.203. The number of sulfonamides is 1. The van der Waals surface area contributed by atoms with E-state index in [0.29, 0.717) is 17.9 Å². The second kappa shape index (κ2) is 8.88. The Labute approximate surface area is 165 Å². The predicted molar refractivity (Wildman–Crippen MR) is 110 cm³/mol. The van der Waals surface area contributed by atoms with Gasteiger partial charge in [-0.2, -0.15) is 0 Å². The van der Waals surface area contributed by atoms with Crippen LogP contribution < -0.4 is 14.9 Å². The Morgan fingerprint density at radius 2 is 1.82 bits per heavy atom. The van der Waals surface area contributed by atoms with Crippen molar-refractivity contribution >= 4 is 27.5 Å². The van der Waals surface area contributed by atoms with Crippen LogP contribution >= 0.6 is 0 Å². The van der Waals surface area contributed by atoms with Gasteiger partial charge in [0.25, 0.3) is 10.0 Å². The van der Waals surface area contributed by atoms with Crippen molar-refractivity contribution < 1.29 is 13.2 Å². The summed E-state index contributed by atoms with van der Waals surface area (Å²) in [5, 5.41) is 2.88. The molecule has 3 rings (SSSR count). The number of aliphatic imine (C=N–C) groups is 1. The molecule has 2 N–H and O–H groups in total. The number of amidine groups is 1. The minimum atomic E-state index is -3.54. The summed E-state index contributed by atoms with van der Waals surface area (Å²) in [6.07, 6.45) is 1.04. The molecule has 0 radical (unpaired) electrons. The van der Waals surface area contributed by atoms with E-state index in [1.807, 2.05) is 37.4 Å². The lowest BCUT2D eigenvalue weighted by atomic mass is 10.2. The average Bonchev–Trinajstić information content (AvgIpc) is 2.96. The molecule has 8 heteroatoms. The maximum Gasteiger partial charge on any atom is 0.263 e. The molecule has 1 heterocycles. The minimum absolute atomic E-state index is 0.0964. The van der Waals surface area contributed by atoms with E-state index in [1.165, 1.54) is 0 Å². The molecule has 0 aromatic heterocycles. The molecule has 1 amide bonds. The summed E-state index contributed by atoms with van der Waals surface area (Å²) in [6.45, 7) is 1.65. The minimum Gasteiger partial charge on any atom is -0.375 e. The van der Waals surface area contributed by atoms with Crippen LogP contribution in [0.5, 0.6) is 0 Å². The lowest BCUT2D eigenvalue weighted by Gasteiger charge is -2.19. The van der Waals surface area contributed by atoms with Gasteiger partial charge in [-0.25, -0.2) is 8.42 Å². The molecule has 1 aliphatic heterocycles. The van der Waals surface area contributed by atoms with Crippen LogP contribution in [0.15, 0.2) is 64.5 Å². The number of anilines is 1. The number of hydrogen-bond donors (Lipinski definition) is 2. The number of fused-ring (bicyclic) bond motifs is 1. The zero-order valence-electron chi connectivity index (χ0n) is 15.8. The number of amides is 1. The third kappa shape index (κ3) is 4.89. The highest BCUT2D eigenvalue weighted by molar-refractivity contribution is 7.90. The number of nitrogens with zero attached hydrogens (tertiary/aromatic N) is 2. The predicted octanol–water partition coefficient (Wildman–Crippen LogP) is 1.76. The molecule has 2 aromatic rings. The maximum atomic E-state index is 12.0. The van der Waals surface area contributed by atoms with Crippen LogP contribution in [-0.2, 0) is 14.8 Å².